The third-order valence-corrected chi connectivity index (χ3v) is 4.90. The first-order chi connectivity index (χ1) is 14.9. The molecule has 1 heterocycles. The van der Waals surface area contributed by atoms with Crippen molar-refractivity contribution in [1.29, 1.82) is 0 Å². The minimum atomic E-state index is -1.13. The van der Waals surface area contributed by atoms with Crippen molar-refractivity contribution >= 4 is 23.8 Å². The predicted molar refractivity (Wildman–Crippen MR) is 114 cm³/mol. The molecule has 3 N–H and O–H groups in total. The molecule has 1 aliphatic heterocycles. The van der Waals surface area contributed by atoms with Crippen LogP contribution in [0.2, 0.25) is 0 Å². The van der Waals surface area contributed by atoms with Gasteiger partial charge in [-0.1, -0.05) is 12.1 Å². The van der Waals surface area contributed by atoms with E-state index in [-0.39, 0.29) is 38.2 Å². The number of benzene rings is 1. The maximum atomic E-state index is 13.1. The molecular formula is C22H31N3O7. The zero-order chi connectivity index (χ0) is 24.1. The summed E-state index contributed by atoms with van der Waals surface area (Å²) in [5.74, 6) is -2.17. The molecule has 0 aromatic heterocycles. The standard InChI is InChI=1S/C22H31N3O7/c1-22(2,3)32-19(28)13-24-9-10-25(17(21(24)30)12-18(27)31-4)20(29)16(23)11-14-5-7-15(26)8-6-14/h5-8,16-17,26H,9-13,23H2,1-4H3/t16-,17?/m0/s1. The Hall–Kier alpha value is -3.14. The van der Waals surface area contributed by atoms with Gasteiger partial charge in [0.2, 0.25) is 11.8 Å². The van der Waals surface area contributed by atoms with Gasteiger partial charge in [-0.3, -0.25) is 19.2 Å². The first-order valence-electron chi connectivity index (χ1n) is 10.3. The number of hydrogen-bond donors (Lipinski definition) is 2. The average molecular weight is 450 g/mol. The van der Waals surface area contributed by atoms with Crippen LogP contribution in [0.4, 0.5) is 0 Å². The normalized spacial score (nSPS) is 17.7. The molecule has 0 spiro atoms. The summed E-state index contributed by atoms with van der Waals surface area (Å²) in [4.78, 5) is 52.8. The van der Waals surface area contributed by atoms with Gasteiger partial charge < -0.3 is 30.1 Å². The molecule has 2 amide bonds. The SMILES string of the molecule is COC(=O)CC1C(=O)N(CC(=O)OC(C)(C)C)CCN1C(=O)[C@@H](N)Cc1ccc(O)cc1. The van der Waals surface area contributed by atoms with E-state index in [1.54, 1.807) is 32.9 Å². The Labute approximate surface area is 187 Å². The molecule has 0 bridgehead atoms. The van der Waals surface area contributed by atoms with E-state index >= 15 is 0 Å². The van der Waals surface area contributed by atoms with Crippen LogP contribution in [-0.2, 0) is 35.1 Å². The highest BCUT2D eigenvalue weighted by molar-refractivity contribution is 5.94. The molecule has 1 aromatic carbocycles. The minimum absolute atomic E-state index is 0.0958. The number of aromatic hydroxyl groups is 1. The summed E-state index contributed by atoms with van der Waals surface area (Å²) < 4.78 is 9.96. The topological polar surface area (TPSA) is 139 Å². The molecule has 2 rings (SSSR count). The lowest BCUT2D eigenvalue weighted by atomic mass is 10.0. The van der Waals surface area contributed by atoms with Gasteiger partial charge in [-0.2, -0.15) is 0 Å². The molecular weight excluding hydrogens is 418 g/mol. The van der Waals surface area contributed by atoms with Crippen LogP contribution in [0.1, 0.15) is 32.8 Å². The number of amides is 2. The third kappa shape index (κ3) is 6.94. The largest absolute Gasteiger partial charge is 0.508 e. The summed E-state index contributed by atoms with van der Waals surface area (Å²) in [5.41, 5.74) is 6.14. The summed E-state index contributed by atoms with van der Waals surface area (Å²) in [6.45, 7) is 5.09. The lowest BCUT2D eigenvalue weighted by Crippen LogP contribution is -2.62. The van der Waals surface area contributed by atoms with E-state index in [4.69, 9.17) is 10.5 Å². The molecule has 1 saturated heterocycles. The zero-order valence-corrected chi connectivity index (χ0v) is 18.9. The molecule has 0 aliphatic carbocycles. The number of phenolic OH excluding ortho intramolecular Hbond substituents is 1. The van der Waals surface area contributed by atoms with Crippen LogP contribution < -0.4 is 5.73 Å². The second kappa shape index (κ2) is 10.4. The molecule has 1 unspecified atom stereocenters. The maximum absolute atomic E-state index is 13.1. The molecule has 176 valence electrons. The van der Waals surface area contributed by atoms with E-state index in [1.807, 2.05) is 0 Å². The van der Waals surface area contributed by atoms with E-state index in [0.717, 1.165) is 5.56 Å². The van der Waals surface area contributed by atoms with Crippen LogP contribution >= 0.6 is 0 Å². The van der Waals surface area contributed by atoms with Crippen molar-refractivity contribution in [2.75, 3.05) is 26.7 Å². The number of carbonyl (C=O) groups is 4. The monoisotopic (exact) mass is 449 g/mol. The van der Waals surface area contributed by atoms with Crippen LogP contribution in [0.25, 0.3) is 0 Å². The number of phenols is 1. The first kappa shape index (κ1) is 25.1. The van der Waals surface area contributed by atoms with Crippen LogP contribution in [0.5, 0.6) is 5.75 Å². The van der Waals surface area contributed by atoms with Crippen LogP contribution in [-0.4, -0.2) is 83.1 Å². The predicted octanol–water partition coefficient (Wildman–Crippen LogP) is 0.206. The Bertz CT molecular complexity index is 848. The smallest absolute Gasteiger partial charge is 0.326 e. The van der Waals surface area contributed by atoms with Crippen molar-refractivity contribution in [3.05, 3.63) is 29.8 Å². The summed E-state index contributed by atoms with van der Waals surface area (Å²) in [5, 5.41) is 9.40. The zero-order valence-electron chi connectivity index (χ0n) is 18.9. The van der Waals surface area contributed by atoms with Crippen LogP contribution in [0.3, 0.4) is 0 Å². The number of carbonyl (C=O) groups excluding carboxylic acids is 4. The summed E-state index contributed by atoms with van der Waals surface area (Å²) in [6.07, 6.45) is -0.159. The number of piperazine rings is 1. The molecule has 10 heteroatoms. The Morgan fingerprint density at radius 2 is 1.78 bits per heavy atom. The number of methoxy groups -OCH3 is 1. The maximum Gasteiger partial charge on any atom is 0.326 e. The highest BCUT2D eigenvalue weighted by atomic mass is 16.6. The second-order valence-corrected chi connectivity index (χ2v) is 8.65. The lowest BCUT2D eigenvalue weighted by Gasteiger charge is -2.41. The number of rotatable bonds is 7. The van der Waals surface area contributed by atoms with Crippen molar-refractivity contribution < 1.29 is 33.8 Å². The highest BCUT2D eigenvalue weighted by Gasteiger charge is 2.41. The van der Waals surface area contributed by atoms with Crippen molar-refractivity contribution in [3.8, 4) is 5.75 Å². The van der Waals surface area contributed by atoms with Crippen molar-refractivity contribution in [1.82, 2.24) is 9.80 Å². The lowest BCUT2D eigenvalue weighted by molar-refractivity contribution is -0.164. The van der Waals surface area contributed by atoms with Gasteiger partial charge in [-0.05, 0) is 44.9 Å². The molecule has 1 aliphatic rings. The van der Waals surface area contributed by atoms with Crippen molar-refractivity contribution in [2.45, 2.75) is 51.3 Å². The molecule has 32 heavy (non-hydrogen) atoms. The van der Waals surface area contributed by atoms with Gasteiger partial charge in [0, 0.05) is 13.1 Å². The Kier molecular flexibility index (Phi) is 8.20. The van der Waals surface area contributed by atoms with Gasteiger partial charge in [0.05, 0.1) is 19.6 Å². The summed E-state index contributed by atoms with van der Waals surface area (Å²) in [6, 6.07) is 4.20. The van der Waals surface area contributed by atoms with Gasteiger partial charge in [0.1, 0.15) is 23.9 Å². The number of nitrogens with zero attached hydrogens (tertiary/aromatic N) is 2. The van der Waals surface area contributed by atoms with E-state index in [1.165, 1.54) is 29.0 Å². The van der Waals surface area contributed by atoms with E-state index in [2.05, 4.69) is 4.74 Å². The fourth-order valence-electron chi connectivity index (χ4n) is 3.41. The van der Waals surface area contributed by atoms with Gasteiger partial charge in [0.25, 0.3) is 0 Å². The second-order valence-electron chi connectivity index (χ2n) is 8.65. The van der Waals surface area contributed by atoms with Crippen molar-refractivity contribution in [3.63, 3.8) is 0 Å². The van der Waals surface area contributed by atoms with E-state index in [0.29, 0.717) is 0 Å². The molecule has 0 radical (unpaired) electrons. The Morgan fingerprint density at radius 3 is 2.34 bits per heavy atom. The average Bonchev–Trinajstić information content (AvgIpc) is 2.70. The number of ether oxygens (including phenoxy) is 2. The molecule has 2 atom stereocenters. The number of nitrogens with two attached hydrogens (primary N) is 1. The van der Waals surface area contributed by atoms with Gasteiger partial charge in [-0.15, -0.1) is 0 Å². The summed E-state index contributed by atoms with van der Waals surface area (Å²) >= 11 is 0. The molecule has 0 saturated carbocycles. The Balaban J connectivity index is 2.14. The van der Waals surface area contributed by atoms with Crippen molar-refractivity contribution in [2.24, 2.45) is 5.73 Å². The van der Waals surface area contributed by atoms with Gasteiger partial charge in [0.15, 0.2) is 0 Å². The number of esters is 2. The fourth-order valence-corrected chi connectivity index (χ4v) is 3.41. The molecule has 10 nitrogen and oxygen atoms in total. The van der Waals surface area contributed by atoms with E-state index < -0.39 is 41.4 Å². The van der Waals surface area contributed by atoms with Gasteiger partial charge in [-0.25, -0.2) is 0 Å². The number of hydrogen-bond acceptors (Lipinski definition) is 8. The molecule has 1 fully saturated rings. The minimum Gasteiger partial charge on any atom is -0.508 e. The van der Waals surface area contributed by atoms with Crippen LogP contribution in [0.15, 0.2) is 24.3 Å². The fraction of sp³-hybridized carbons (Fsp3) is 0.545. The van der Waals surface area contributed by atoms with Gasteiger partial charge >= 0.3 is 11.9 Å². The third-order valence-electron chi connectivity index (χ3n) is 4.90. The van der Waals surface area contributed by atoms with E-state index in [9.17, 15) is 24.3 Å². The quantitative estimate of drug-likeness (QED) is 0.563. The van der Waals surface area contributed by atoms with Crippen LogP contribution in [0, 0.1) is 0 Å². The first-order valence-corrected chi connectivity index (χ1v) is 10.3. The summed E-state index contributed by atoms with van der Waals surface area (Å²) in [7, 11) is 1.19. The highest BCUT2D eigenvalue weighted by Crippen LogP contribution is 2.19. The molecule has 1 aromatic rings. The Morgan fingerprint density at radius 1 is 1.16 bits per heavy atom.